The van der Waals surface area contributed by atoms with Gasteiger partial charge < -0.3 is 0 Å². The molecule has 0 aromatic carbocycles. The minimum atomic E-state index is 1.10. The highest BCUT2D eigenvalue weighted by Gasteiger charge is 1.87. The standard InChI is InChI=1S/C16H28/c1-3-5-7-9-11-13-15-16-14-12-10-8-6-4-2/h3H,1,4-13,15H2,2H3. The van der Waals surface area contributed by atoms with Crippen LogP contribution in [-0.4, -0.2) is 0 Å². The van der Waals surface area contributed by atoms with E-state index >= 15 is 0 Å². The lowest BCUT2D eigenvalue weighted by molar-refractivity contribution is 0.656. The SMILES string of the molecule is C=CCCCCCCC#CCCCCCC. The monoisotopic (exact) mass is 220 g/mol. The molecule has 0 radical (unpaired) electrons. The molecule has 0 saturated carbocycles. The van der Waals surface area contributed by atoms with Crippen molar-refractivity contribution in [3.05, 3.63) is 12.7 Å². The third kappa shape index (κ3) is 13.3. The molecule has 0 saturated heterocycles. The van der Waals surface area contributed by atoms with Crippen molar-refractivity contribution < 1.29 is 0 Å². The predicted molar refractivity (Wildman–Crippen MR) is 74.4 cm³/mol. The summed E-state index contributed by atoms with van der Waals surface area (Å²) in [5, 5.41) is 0. The van der Waals surface area contributed by atoms with Crippen LogP contribution in [0.3, 0.4) is 0 Å². The zero-order valence-corrected chi connectivity index (χ0v) is 11.1. The van der Waals surface area contributed by atoms with E-state index < -0.39 is 0 Å². The summed E-state index contributed by atoms with van der Waals surface area (Å²) in [6.07, 6.45) is 16.0. The summed E-state index contributed by atoms with van der Waals surface area (Å²) in [6, 6.07) is 0. The topological polar surface area (TPSA) is 0 Å². The molecule has 0 aliphatic heterocycles. The minimum Gasteiger partial charge on any atom is -0.103 e. The van der Waals surface area contributed by atoms with Gasteiger partial charge in [0.25, 0.3) is 0 Å². The Labute approximate surface area is 103 Å². The van der Waals surface area contributed by atoms with Gasteiger partial charge in [0.2, 0.25) is 0 Å². The van der Waals surface area contributed by atoms with Gasteiger partial charge in [-0.3, -0.25) is 0 Å². The van der Waals surface area contributed by atoms with Crippen LogP contribution in [0.25, 0.3) is 0 Å². The Bertz CT molecular complexity index is 192. The molecular weight excluding hydrogens is 192 g/mol. The molecular formula is C16H28. The van der Waals surface area contributed by atoms with E-state index in [4.69, 9.17) is 0 Å². The molecule has 0 aliphatic rings. The molecule has 0 nitrogen and oxygen atoms in total. The third-order valence-corrected chi connectivity index (χ3v) is 2.74. The summed E-state index contributed by atoms with van der Waals surface area (Å²) >= 11 is 0. The molecule has 0 heterocycles. The second-order valence-corrected chi connectivity index (χ2v) is 4.41. The average molecular weight is 220 g/mol. The Kier molecular flexibility index (Phi) is 13.7. The van der Waals surface area contributed by atoms with Crippen LogP contribution < -0.4 is 0 Å². The lowest BCUT2D eigenvalue weighted by Gasteiger charge is -1.95. The molecule has 0 aromatic rings. The van der Waals surface area contributed by atoms with Gasteiger partial charge in [0.05, 0.1) is 0 Å². The third-order valence-electron chi connectivity index (χ3n) is 2.74. The van der Waals surface area contributed by atoms with Gasteiger partial charge in [-0.1, -0.05) is 45.1 Å². The molecule has 0 heteroatoms. The van der Waals surface area contributed by atoms with Crippen LogP contribution in [0.4, 0.5) is 0 Å². The molecule has 0 rings (SSSR count). The first kappa shape index (κ1) is 15.3. The van der Waals surface area contributed by atoms with E-state index in [-0.39, 0.29) is 0 Å². The summed E-state index contributed by atoms with van der Waals surface area (Å²) in [5.74, 6) is 6.56. The van der Waals surface area contributed by atoms with Crippen molar-refractivity contribution in [2.24, 2.45) is 0 Å². The predicted octanol–water partition coefficient (Wildman–Crippen LogP) is 5.49. The van der Waals surface area contributed by atoms with Crippen LogP contribution >= 0.6 is 0 Å². The fourth-order valence-electron chi connectivity index (χ4n) is 1.67. The minimum absolute atomic E-state index is 1.10. The van der Waals surface area contributed by atoms with Crippen molar-refractivity contribution in [2.45, 2.75) is 77.6 Å². The summed E-state index contributed by atoms with van der Waals surface area (Å²) < 4.78 is 0. The molecule has 0 bridgehead atoms. The Morgan fingerprint density at radius 3 is 1.94 bits per heavy atom. The largest absolute Gasteiger partial charge is 0.103 e. The van der Waals surface area contributed by atoms with Crippen LogP contribution in [0.2, 0.25) is 0 Å². The van der Waals surface area contributed by atoms with Gasteiger partial charge in [-0.15, -0.1) is 18.4 Å². The first-order chi connectivity index (χ1) is 7.91. The van der Waals surface area contributed by atoms with Gasteiger partial charge in [0.1, 0.15) is 0 Å². The zero-order valence-electron chi connectivity index (χ0n) is 11.1. The number of hydrogen-bond acceptors (Lipinski definition) is 0. The van der Waals surface area contributed by atoms with E-state index in [1.807, 2.05) is 6.08 Å². The fraction of sp³-hybridized carbons (Fsp3) is 0.750. The quantitative estimate of drug-likeness (QED) is 0.259. The van der Waals surface area contributed by atoms with Crippen molar-refractivity contribution in [1.82, 2.24) is 0 Å². The van der Waals surface area contributed by atoms with Crippen molar-refractivity contribution in [2.75, 3.05) is 0 Å². The molecule has 0 amide bonds. The van der Waals surface area contributed by atoms with Gasteiger partial charge in [0, 0.05) is 12.8 Å². The second kappa shape index (κ2) is 14.3. The van der Waals surface area contributed by atoms with E-state index in [0.717, 1.165) is 12.8 Å². The number of unbranched alkanes of at least 4 members (excludes halogenated alkanes) is 9. The lowest BCUT2D eigenvalue weighted by Crippen LogP contribution is -1.77. The molecule has 0 N–H and O–H groups in total. The molecule has 16 heavy (non-hydrogen) atoms. The van der Waals surface area contributed by atoms with Gasteiger partial charge >= 0.3 is 0 Å². The number of rotatable bonds is 10. The van der Waals surface area contributed by atoms with Crippen molar-refractivity contribution in [3.8, 4) is 11.8 Å². The Morgan fingerprint density at radius 2 is 1.38 bits per heavy atom. The van der Waals surface area contributed by atoms with E-state index in [0.29, 0.717) is 0 Å². The highest BCUT2D eigenvalue weighted by Crippen LogP contribution is 2.05. The van der Waals surface area contributed by atoms with Crippen molar-refractivity contribution in [3.63, 3.8) is 0 Å². The lowest BCUT2D eigenvalue weighted by atomic mass is 10.1. The Morgan fingerprint density at radius 1 is 0.812 bits per heavy atom. The Balaban J connectivity index is 3.06. The van der Waals surface area contributed by atoms with E-state index in [9.17, 15) is 0 Å². The highest BCUT2D eigenvalue weighted by molar-refractivity contribution is 4.98. The van der Waals surface area contributed by atoms with Gasteiger partial charge in [0.15, 0.2) is 0 Å². The van der Waals surface area contributed by atoms with Crippen molar-refractivity contribution in [1.29, 1.82) is 0 Å². The summed E-state index contributed by atoms with van der Waals surface area (Å²) in [4.78, 5) is 0. The molecule has 0 aromatic heterocycles. The molecule has 92 valence electrons. The average Bonchev–Trinajstić information content (AvgIpc) is 2.31. The van der Waals surface area contributed by atoms with Crippen LogP contribution in [-0.2, 0) is 0 Å². The summed E-state index contributed by atoms with van der Waals surface area (Å²) in [5.41, 5.74) is 0. The Hall–Kier alpha value is -0.700. The van der Waals surface area contributed by atoms with E-state index in [2.05, 4.69) is 25.3 Å². The first-order valence-electron chi connectivity index (χ1n) is 6.98. The summed E-state index contributed by atoms with van der Waals surface area (Å²) in [6.45, 7) is 5.98. The second-order valence-electron chi connectivity index (χ2n) is 4.41. The normalized spacial score (nSPS) is 9.56. The maximum Gasteiger partial charge on any atom is 0.00886 e. The number of allylic oxidation sites excluding steroid dienone is 1. The summed E-state index contributed by atoms with van der Waals surface area (Å²) in [7, 11) is 0. The van der Waals surface area contributed by atoms with Crippen molar-refractivity contribution >= 4 is 0 Å². The molecule has 0 atom stereocenters. The van der Waals surface area contributed by atoms with E-state index in [1.54, 1.807) is 0 Å². The van der Waals surface area contributed by atoms with Gasteiger partial charge in [-0.25, -0.2) is 0 Å². The highest BCUT2D eigenvalue weighted by atomic mass is 13.9. The molecule has 0 unspecified atom stereocenters. The molecule has 0 fully saturated rings. The van der Waals surface area contributed by atoms with E-state index in [1.165, 1.54) is 57.8 Å². The van der Waals surface area contributed by atoms with Crippen LogP contribution in [0.1, 0.15) is 77.6 Å². The molecule has 0 aliphatic carbocycles. The fourth-order valence-corrected chi connectivity index (χ4v) is 1.67. The number of hydrogen-bond donors (Lipinski definition) is 0. The maximum atomic E-state index is 3.73. The zero-order chi connectivity index (χ0) is 11.9. The molecule has 0 spiro atoms. The van der Waals surface area contributed by atoms with Crippen LogP contribution in [0.15, 0.2) is 12.7 Å². The van der Waals surface area contributed by atoms with Gasteiger partial charge in [-0.05, 0) is 25.7 Å². The smallest absolute Gasteiger partial charge is 0.00886 e. The van der Waals surface area contributed by atoms with Crippen LogP contribution in [0, 0.1) is 11.8 Å². The van der Waals surface area contributed by atoms with Gasteiger partial charge in [-0.2, -0.15) is 0 Å². The first-order valence-corrected chi connectivity index (χ1v) is 6.98. The maximum absolute atomic E-state index is 3.73. The van der Waals surface area contributed by atoms with Crippen LogP contribution in [0.5, 0.6) is 0 Å².